The predicted octanol–water partition coefficient (Wildman–Crippen LogP) is 1.67. The van der Waals surface area contributed by atoms with Crippen LogP contribution >= 0.6 is 0 Å². The SMILES string of the molecule is CC.CC(O)CCCCOc1n[nH]c(=O)c2cnncc12. The summed E-state index contributed by atoms with van der Waals surface area (Å²) in [6.45, 7) is 6.24. The fraction of sp³-hybridized carbons (Fsp3) is 0.571. The third-order valence-electron chi connectivity index (χ3n) is 2.72. The summed E-state index contributed by atoms with van der Waals surface area (Å²) in [4.78, 5) is 11.5. The van der Waals surface area contributed by atoms with Crippen LogP contribution in [0.2, 0.25) is 0 Å². The van der Waals surface area contributed by atoms with Crippen LogP contribution in [0.5, 0.6) is 5.88 Å². The van der Waals surface area contributed by atoms with Crippen molar-refractivity contribution in [2.75, 3.05) is 6.61 Å². The van der Waals surface area contributed by atoms with Crippen molar-refractivity contribution in [2.45, 2.75) is 46.1 Å². The van der Waals surface area contributed by atoms with E-state index in [-0.39, 0.29) is 11.7 Å². The standard InChI is InChI=1S/C12H16N4O3.C2H6/c1-8(17)4-2-3-5-19-12-10-7-14-13-6-9(10)11(18)15-16-12;1-2/h6-8,17H,2-5H2,1H3,(H,15,18);1-2H3. The van der Waals surface area contributed by atoms with E-state index in [4.69, 9.17) is 9.84 Å². The average Bonchev–Trinajstić information content (AvgIpc) is 2.51. The molecule has 1 unspecified atom stereocenters. The number of hydrogen-bond donors (Lipinski definition) is 2. The molecule has 0 aliphatic heterocycles. The molecule has 0 aromatic carbocycles. The highest BCUT2D eigenvalue weighted by molar-refractivity contribution is 5.83. The Labute approximate surface area is 123 Å². The van der Waals surface area contributed by atoms with Crippen molar-refractivity contribution in [1.29, 1.82) is 0 Å². The zero-order valence-corrected chi connectivity index (χ0v) is 12.7. The second-order valence-corrected chi connectivity index (χ2v) is 4.37. The fourth-order valence-corrected chi connectivity index (χ4v) is 1.72. The number of aliphatic hydroxyl groups is 1. The summed E-state index contributed by atoms with van der Waals surface area (Å²) >= 11 is 0. The number of H-pyrrole nitrogens is 1. The van der Waals surface area contributed by atoms with Gasteiger partial charge in [-0.05, 0) is 26.2 Å². The minimum atomic E-state index is -0.314. The molecule has 0 fully saturated rings. The van der Waals surface area contributed by atoms with Crippen molar-refractivity contribution in [3.8, 4) is 5.88 Å². The summed E-state index contributed by atoms with van der Waals surface area (Å²) in [5.74, 6) is 0.349. The lowest BCUT2D eigenvalue weighted by atomic mass is 10.2. The molecule has 0 aliphatic rings. The van der Waals surface area contributed by atoms with Gasteiger partial charge in [-0.3, -0.25) is 4.79 Å². The van der Waals surface area contributed by atoms with Crippen LogP contribution in [0.15, 0.2) is 17.2 Å². The third kappa shape index (κ3) is 5.11. The molecule has 0 bridgehead atoms. The van der Waals surface area contributed by atoms with Gasteiger partial charge in [0.05, 0.1) is 35.9 Å². The Hall–Kier alpha value is -2.02. The maximum atomic E-state index is 11.5. The molecule has 2 heterocycles. The summed E-state index contributed by atoms with van der Waals surface area (Å²) in [6, 6.07) is 0. The topological polar surface area (TPSA) is 101 Å². The number of unbranched alkanes of at least 4 members (excludes halogenated alkanes) is 1. The van der Waals surface area contributed by atoms with E-state index in [0.29, 0.717) is 23.3 Å². The number of rotatable bonds is 6. The number of aromatic nitrogens is 4. The second-order valence-electron chi connectivity index (χ2n) is 4.37. The van der Waals surface area contributed by atoms with Crippen molar-refractivity contribution in [1.82, 2.24) is 20.4 Å². The van der Waals surface area contributed by atoms with Crippen LogP contribution in [-0.4, -0.2) is 38.2 Å². The Bertz CT molecular complexity index is 598. The smallest absolute Gasteiger partial charge is 0.273 e. The molecule has 2 N–H and O–H groups in total. The maximum Gasteiger partial charge on any atom is 0.273 e. The third-order valence-corrected chi connectivity index (χ3v) is 2.72. The Morgan fingerprint density at radius 1 is 1.24 bits per heavy atom. The van der Waals surface area contributed by atoms with E-state index in [9.17, 15) is 4.79 Å². The van der Waals surface area contributed by atoms with Gasteiger partial charge in [-0.15, -0.1) is 5.10 Å². The summed E-state index contributed by atoms with van der Waals surface area (Å²) in [6.07, 6.45) is 4.99. The molecule has 7 nitrogen and oxygen atoms in total. The monoisotopic (exact) mass is 294 g/mol. The maximum absolute atomic E-state index is 11.5. The van der Waals surface area contributed by atoms with Gasteiger partial charge in [-0.1, -0.05) is 13.8 Å². The minimum Gasteiger partial charge on any atom is -0.476 e. The lowest BCUT2D eigenvalue weighted by molar-refractivity contribution is 0.176. The molecule has 0 saturated heterocycles. The lowest BCUT2D eigenvalue weighted by Crippen LogP contribution is -2.11. The van der Waals surface area contributed by atoms with Gasteiger partial charge < -0.3 is 9.84 Å². The lowest BCUT2D eigenvalue weighted by Gasteiger charge is -2.07. The van der Waals surface area contributed by atoms with Crippen molar-refractivity contribution in [3.05, 3.63) is 22.7 Å². The molecule has 0 amide bonds. The van der Waals surface area contributed by atoms with Crippen LogP contribution in [0.4, 0.5) is 0 Å². The molecule has 2 aromatic heterocycles. The molecule has 1 atom stereocenters. The second kappa shape index (κ2) is 9.02. The van der Waals surface area contributed by atoms with Gasteiger partial charge in [0.25, 0.3) is 5.56 Å². The molecule has 21 heavy (non-hydrogen) atoms. The average molecular weight is 294 g/mol. The van der Waals surface area contributed by atoms with E-state index in [1.54, 1.807) is 6.92 Å². The zero-order chi connectivity index (χ0) is 15.7. The molecule has 7 heteroatoms. The van der Waals surface area contributed by atoms with Gasteiger partial charge in [-0.2, -0.15) is 10.2 Å². The number of ether oxygens (including phenoxy) is 1. The van der Waals surface area contributed by atoms with Gasteiger partial charge in [0.2, 0.25) is 5.88 Å². The summed E-state index contributed by atoms with van der Waals surface area (Å²) < 4.78 is 5.53. The van der Waals surface area contributed by atoms with Crippen LogP contribution in [0.3, 0.4) is 0 Å². The van der Waals surface area contributed by atoms with Crippen molar-refractivity contribution in [3.63, 3.8) is 0 Å². The van der Waals surface area contributed by atoms with Crippen LogP contribution in [0.25, 0.3) is 10.8 Å². The summed E-state index contributed by atoms with van der Waals surface area (Å²) in [5.41, 5.74) is -0.314. The Balaban J connectivity index is 0.00000106. The first-order valence-corrected chi connectivity index (χ1v) is 7.18. The van der Waals surface area contributed by atoms with Crippen molar-refractivity contribution >= 4 is 10.8 Å². The van der Waals surface area contributed by atoms with Gasteiger partial charge in [0, 0.05) is 0 Å². The van der Waals surface area contributed by atoms with E-state index in [0.717, 1.165) is 19.3 Å². The first-order valence-electron chi connectivity index (χ1n) is 7.18. The zero-order valence-electron chi connectivity index (χ0n) is 12.7. The number of aliphatic hydroxyl groups excluding tert-OH is 1. The Kier molecular flexibility index (Phi) is 7.31. The first-order chi connectivity index (χ1) is 10.2. The van der Waals surface area contributed by atoms with Crippen LogP contribution < -0.4 is 10.3 Å². The van der Waals surface area contributed by atoms with Gasteiger partial charge >= 0.3 is 0 Å². The molecular formula is C14H22N4O3. The summed E-state index contributed by atoms with van der Waals surface area (Å²) in [5, 5.41) is 23.7. The fourth-order valence-electron chi connectivity index (χ4n) is 1.72. The molecular weight excluding hydrogens is 272 g/mol. The molecule has 0 radical (unpaired) electrons. The largest absolute Gasteiger partial charge is 0.476 e. The molecule has 0 spiro atoms. The Morgan fingerprint density at radius 2 is 1.90 bits per heavy atom. The van der Waals surface area contributed by atoms with E-state index in [2.05, 4.69) is 20.4 Å². The van der Waals surface area contributed by atoms with Gasteiger partial charge in [-0.25, -0.2) is 5.10 Å². The van der Waals surface area contributed by atoms with E-state index in [1.807, 2.05) is 13.8 Å². The Morgan fingerprint density at radius 3 is 2.57 bits per heavy atom. The highest BCUT2D eigenvalue weighted by Crippen LogP contribution is 2.17. The normalized spacial score (nSPS) is 11.6. The van der Waals surface area contributed by atoms with Gasteiger partial charge in [0.1, 0.15) is 0 Å². The molecule has 116 valence electrons. The van der Waals surface area contributed by atoms with E-state index < -0.39 is 0 Å². The van der Waals surface area contributed by atoms with Crippen LogP contribution in [0, 0.1) is 0 Å². The molecule has 2 rings (SSSR count). The quantitative estimate of drug-likeness (QED) is 0.786. The predicted molar refractivity (Wildman–Crippen MR) is 80.3 cm³/mol. The number of nitrogens with zero attached hydrogens (tertiary/aromatic N) is 3. The van der Waals surface area contributed by atoms with E-state index >= 15 is 0 Å². The number of fused-ring (bicyclic) bond motifs is 1. The minimum absolute atomic E-state index is 0.290. The number of nitrogens with one attached hydrogen (secondary N) is 1. The first kappa shape index (κ1) is 17.0. The van der Waals surface area contributed by atoms with Crippen molar-refractivity contribution < 1.29 is 9.84 Å². The van der Waals surface area contributed by atoms with Crippen LogP contribution in [0.1, 0.15) is 40.0 Å². The van der Waals surface area contributed by atoms with E-state index in [1.165, 1.54) is 12.4 Å². The highest BCUT2D eigenvalue weighted by atomic mass is 16.5. The molecule has 2 aromatic rings. The number of aromatic amines is 1. The van der Waals surface area contributed by atoms with Crippen molar-refractivity contribution in [2.24, 2.45) is 0 Å². The van der Waals surface area contributed by atoms with Crippen LogP contribution in [-0.2, 0) is 0 Å². The highest BCUT2D eigenvalue weighted by Gasteiger charge is 2.07. The molecule has 0 saturated carbocycles. The summed E-state index contributed by atoms with van der Waals surface area (Å²) in [7, 11) is 0. The van der Waals surface area contributed by atoms with Gasteiger partial charge in [0.15, 0.2) is 0 Å². The molecule has 0 aliphatic carbocycles. The number of hydrogen-bond acceptors (Lipinski definition) is 6.